The first-order chi connectivity index (χ1) is 18.4. The van der Waals surface area contributed by atoms with Crippen molar-refractivity contribution >= 4 is 23.8 Å². The molecule has 4 rings (SSSR count). The van der Waals surface area contributed by atoms with Crippen LogP contribution in [0.3, 0.4) is 0 Å². The number of methoxy groups -OCH3 is 3. The third-order valence-corrected chi connectivity index (χ3v) is 6.78. The number of benzene rings is 3. The lowest BCUT2D eigenvalue weighted by molar-refractivity contribution is -0.150. The van der Waals surface area contributed by atoms with Crippen molar-refractivity contribution in [2.24, 2.45) is 0 Å². The molecule has 2 N–H and O–H groups in total. The van der Waals surface area contributed by atoms with Gasteiger partial charge in [-0.3, -0.25) is 14.9 Å². The minimum Gasteiger partial charge on any atom is -0.468 e. The van der Waals surface area contributed by atoms with Gasteiger partial charge in [-0.1, -0.05) is 60.7 Å². The molecule has 1 fully saturated rings. The number of nitrogens with one attached hydrogen (secondary N) is 2. The van der Waals surface area contributed by atoms with Crippen molar-refractivity contribution in [1.82, 2.24) is 10.6 Å². The number of hydrogen-bond acceptors (Lipinski definition) is 8. The predicted molar refractivity (Wildman–Crippen MR) is 137 cm³/mol. The van der Waals surface area contributed by atoms with Crippen molar-refractivity contribution in [3.63, 3.8) is 0 Å². The van der Waals surface area contributed by atoms with E-state index in [4.69, 9.17) is 14.2 Å². The van der Waals surface area contributed by atoms with Crippen LogP contribution in [0.2, 0.25) is 0 Å². The topological polar surface area (TPSA) is 120 Å². The number of amides is 1. The SMILES string of the molecule is COC(=O)c1ccc(C2NC(C(=O)OC)C(c3ccccc3)C2(NC(=O)c2ccccc2)C(=O)OC)cc1. The van der Waals surface area contributed by atoms with E-state index in [0.717, 1.165) is 0 Å². The van der Waals surface area contributed by atoms with E-state index in [1.165, 1.54) is 21.3 Å². The molecule has 4 atom stereocenters. The maximum atomic E-state index is 13.8. The molecule has 1 heterocycles. The summed E-state index contributed by atoms with van der Waals surface area (Å²) >= 11 is 0. The van der Waals surface area contributed by atoms with E-state index in [1.807, 2.05) is 6.07 Å². The molecule has 9 nitrogen and oxygen atoms in total. The van der Waals surface area contributed by atoms with Crippen LogP contribution in [0.4, 0.5) is 0 Å². The van der Waals surface area contributed by atoms with Gasteiger partial charge in [0.05, 0.1) is 32.9 Å². The monoisotopic (exact) mass is 516 g/mol. The quantitative estimate of drug-likeness (QED) is 0.363. The second kappa shape index (κ2) is 11.3. The Hall–Kier alpha value is -4.50. The minimum atomic E-state index is -1.78. The fourth-order valence-electron chi connectivity index (χ4n) is 5.05. The summed E-state index contributed by atoms with van der Waals surface area (Å²) in [5, 5.41) is 6.16. The van der Waals surface area contributed by atoms with Gasteiger partial charge in [-0.15, -0.1) is 0 Å². The summed E-state index contributed by atoms with van der Waals surface area (Å²) in [4.78, 5) is 52.5. The van der Waals surface area contributed by atoms with Gasteiger partial charge in [0.2, 0.25) is 0 Å². The van der Waals surface area contributed by atoms with Crippen molar-refractivity contribution in [2.45, 2.75) is 23.5 Å². The predicted octanol–water partition coefficient (Wildman–Crippen LogP) is 2.78. The van der Waals surface area contributed by atoms with Crippen LogP contribution in [0.15, 0.2) is 84.9 Å². The molecule has 0 spiro atoms. The number of esters is 3. The fraction of sp³-hybridized carbons (Fsp3) is 0.241. The lowest BCUT2D eigenvalue weighted by Gasteiger charge is -2.38. The van der Waals surface area contributed by atoms with Gasteiger partial charge in [-0.25, -0.2) is 9.59 Å². The lowest BCUT2D eigenvalue weighted by Crippen LogP contribution is -2.61. The highest BCUT2D eigenvalue weighted by molar-refractivity contribution is 6.00. The van der Waals surface area contributed by atoms with Crippen LogP contribution in [0.25, 0.3) is 0 Å². The van der Waals surface area contributed by atoms with Gasteiger partial charge < -0.3 is 19.5 Å². The number of ether oxygens (including phenoxy) is 3. The maximum Gasteiger partial charge on any atom is 0.337 e. The molecule has 0 aliphatic carbocycles. The normalized spacial score (nSPS) is 22.2. The molecule has 1 aliphatic rings. The van der Waals surface area contributed by atoms with Crippen molar-refractivity contribution in [3.05, 3.63) is 107 Å². The van der Waals surface area contributed by atoms with Crippen molar-refractivity contribution < 1.29 is 33.4 Å². The van der Waals surface area contributed by atoms with Gasteiger partial charge in [0, 0.05) is 11.5 Å². The van der Waals surface area contributed by atoms with E-state index in [2.05, 4.69) is 10.6 Å². The Morgan fingerprint density at radius 1 is 0.711 bits per heavy atom. The number of carbonyl (C=O) groups is 4. The number of carbonyl (C=O) groups excluding carboxylic acids is 4. The molecule has 0 radical (unpaired) electrons. The molecule has 1 amide bonds. The van der Waals surface area contributed by atoms with E-state index < -0.39 is 47.4 Å². The van der Waals surface area contributed by atoms with Crippen LogP contribution in [-0.2, 0) is 23.8 Å². The van der Waals surface area contributed by atoms with Gasteiger partial charge in [0.15, 0.2) is 5.54 Å². The smallest absolute Gasteiger partial charge is 0.337 e. The molecule has 0 aromatic heterocycles. The van der Waals surface area contributed by atoms with Crippen LogP contribution in [0.1, 0.15) is 43.8 Å². The summed E-state index contributed by atoms with van der Waals surface area (Å²) in [6.45, 7) is 0. The average molecular weight is 517 g/mol. The summed E-state index contributed by atoms with van der Waals surface area (Å²) < 4.78 is 15.2. The largest absolute Gasteiger partial charge is 0.468 e. The van der Waals surface area contributed by atoms with Crippen LogP contribution >= 0.6 is 0 Å². The zero-order chi connectivity index (χ0) is 27.3. The standard InChI is InChI=1S/C29H28N2O7/c1-36-26(33)21-16-14-19(15-17-21)24-29(28(35)38-3,31-25(32)20-12-8-5-9-13-20)22(18-10-6-4-7-11-18)23(30-24)27(34)37-2/h4-17,22-24,30H,1-3H3,(H,31,32). The first-order valence-electron chi connectivity index (χ1n) is 11.9. The molecule has 38 heavy (non-hydrogen) atoms. The van der Waals surface area contributed by atoms with Gasteiger partial charge in [0.25, 0.3) is 5.91 Å². The van der Waals surface area contributed by atoms with E-state index in [-0.39, 0.29) is 0 Å². The molecule has 0 saturated carbocycles. The molecule has 3 aromatic carbocycles. The molecule has 3 aromatic rings. The van der Waals surface area contributed by atoms with Gasteiger partial charge >= 0.3 is 17.9 Å². The van der Waals surface area contributed by atoms with Crippen molar-refractivity contribution in [1.29, 1.82) is 0 Å². The van der Waals surface area contributed by atoms with Crippen molar-refractivity contribution in [2.75, 3.05) is 21.3 Å². The Labute approximate surface area is 220 Å². The molecule has 0 bridgehead atoms. The summed E-state index contributed by atoms with van der Waals surface area (Å²) in [6, 6.07) is 21.8. The Morgan fingerprint density at radius 2 is 1.32 bits per heavy atom. The van der Waals surface area contributed by atoms with Crippen LogP contribution in [0.5, 0.6) is 0 Å². The second-order valence-electron chi connectivity index (χ2n) is 8.78. The molecule has 196 valence electrons. The highest BCUT2D eigenvalue weighted by Crippen LogP contribution is 2.48. The van der Waals surface area contributed by atoms with Crippen LogP contribution in [0, 0.1) is 0 Å². The third-order valence-electron chi connectivity index (χ3n) is 6.78. The van der Waals surface area contributed by atoms with Gasteiger partial charge in [-0.2, -0.15) is 0 Å². The zero-order valence-electron chi connectivity index (χ0n) is 21.2. The summed E-state index contributed by atoms with van der Waals surface area (Å²) in [5.74, 6) is -3.34. The molecular weight excluding hydrogens is 488 g/mol. The van der Waals surface area contributed by atoms with E-state index >= 15 is 0 Å². The van der Waals surface area contributed by atoms with E-state index in [1.54, 1.807) is 78.9 Å². The molecule has 1 saturated heterocycles. The molecule has 9 heteroatoms. The van der Waals surface area contributed by atoms with Crippen LogP contribution < -0.4 is 10.6 Å². The molecule has 1 aliphatic heterocycles. The summed E-state index contributed by atoms with van der Waals surface area (Å²) in [6.07, 6.45) is 0. The first-order valence-corrected chi connectivity index (χ1v) is 11.9. The number of hydrogen-bond donors (Lipinski definition) is 2. The molecular formula is C29H28N2O7. The Balaban J connectivity index is 1.94. The van der Waals surface area contributed by atoms with E-state index in [9.17, 15) is 19.2 Å². The highest BCUT2D eigenvalue weighted by atomic mass is 16.5. The Bertz CT molecular complexity index is 1310. The second-order valence-corrected chi connectivity index (χ2v) is 8.78. The van der Waals surface area contributed by atoms with Gasteiger partial charge in [0.1, 0.15) is 6.04 Å². The van der Waals surface area contributed by atoms with Gasteiger partial charge in [-0.05, 0) is 35.4 Å². The third kappa shape index (κ3) is 4.76. The Kier molecular flexibility index (Phi) is 7.87. The minimum absolute atomic E-state index is 0.301. The summed E-state index contributed by atoms with van der Waals surface area (Å²) in [5.41, 5.74) is -0.0138. The van der Waals surface area contributed by atoms with Crippen molar-refractivity contribution in [3.8, 4) is 0 Å². The Morgan fingerprint density at radius 3 is 1.87 bits per heavy atom. The number of rotatable bonds is 7. The van der Waals surface area contributed by atoms with E-state index in [0.29, 0.717) is 22.3 Å². The van der Waals surface area contributed by atoms with Crippen LogP contribution in [-0.4, -0.2) is 56.7 Å². The lowest BCUT2D eigenvalue weighted by atomic mass is 9.73. The fourth-order valence-corrected chi connectivity index (χ4v) is 5.05. The first kappa shape index (κ1) is 26.6. The average Bonchev–Trinajstić information content (AvgIpc) is 3.32. The molecule has 4 unspecified atom stereocenters. The highest BCUT2D eigenvalue weighted by Gasteiger charge is 2.64. The zero-order valence-corrected chi connectivity index (χ0v) is 21.2. The summed E-state index contributed by atoms with van der Waals surface area (Å²) in [7, 11) is 3.76. The maximum absolute atomic E-state index is 13.8.